The van der Waals surface area contributed by atoms with E-state index in [0.717, 1.165) is 12.1 Å². The summed E-state index contributed by atoms with van der Waals surface area (Å²) in [5, 5.41) is 1.06. The molecule has 0 spiro atoms. The molecule has 0 radical (unpaired) electrons. The number of hydrogen-bond acceptors (Lipinski definition) is 2. The second-order valence-electron chi connectivity index (χ2n) is 7.06. The number of ether oxygens (including phenoxy) is 1. The molecule has 2 heterocycles. The summed E-state index contributed by atoms with van der Waals surface area (Å²) in [7, 11) is 0. The maximum absolute atomic E-state index is 13.0. The number of morpholine rings is 1. The fourth-order valence-corrected chi connectivity index (χ4v) is 4.10. The highest BCUT2D eigenvalue weighted by Crippen LogP contribution is 2.34. The normalized spacial score (nSPS) is 15.0. The van der Waals surface area contributed by atoms with E-state index in [-0.39, 0.29) is 17.4 Å². The zero-order valence-corrected chi connectivity index (χ0v) is 17.2. The number of nitrogens with zero attached hydrogens (tertiary/aromatic N) is 1. The number of alkyl halides is 3. The first-order valence-corrected chi connectivity index (χ1v) is 10.0. The average Bonchev–Trinajstić information content (AvgIpc) is 3.12. The zero-order chi connectivity index (χ0) is 21.5. The van der Waals surface area contributed by atoms with Gasteiger partial charge in [0.05, 0.1) is 29.4 Å². The van der Waals surface area contributed by atoms with Gasteiger partial charge in [-0.25, -0.2) is 0 Å². The van der Waals surface area contributed by atoms with E-state index in [1.807, 2.05) is 0 Å². The Morgan fingerprint density at radius 3 is 2.53 bits per heavy atom. The van der Waals surface area contributed by atoms with Gasteiger partial charge in [0, 0.05) is 41.1 Å². The lowest BCUT2D eigenvalue weighted by atomic mass is 10.0. The fourth-order valence-electron chi connectivity index (χ4n) is 3.52. The van der Waals surface area contributed by atoms with Gasteiger partial charge >= 0.3 is 6.18 Å². The van der Waals surface area contributed by atoms with Gasteiger partial charge in [-0.05, 0) is 42.0 Å². The third-order valence-corrected chi connectivity index (χ3v) is 5.87. The molecule has 1 aliphatic rings. The zero-order valence-electron chi connectivity index (χ0n) is 15.7. The second kappa shape index (κ2) is 8.13. The maximum Gasteiger partial charge on any atom is 0.416 e. The molecule has 1 aromatic heterocycles. The number of nitrogens with one attached hydrogen (secondary N) is 1. The Hall–Kier alpha value is -2.22. The molecule has 0 bridgehead atoms. The van der Waals surface area contributed by atoms with E-state index in [2.05, 4.69) is 4.98 Å². The molecule has 3 aromatic rings. The van der Waals surface area contributed by atoms with Crippen LogP contribution in [-0.4, -0.2) is 42.1 Å². The van der Waals surface area contributed by atoms with Gasteiger partial charge in [-0.15, -0.1) is 0 Å². The monoisotopic (exact) mass is 456 g/mol. The molecule has 30 heavy (non-hydrogen) atoms. The van der Waals surface area contributed by atoms with Gasteiger partial charge < -0.3 is 14.6 Å². The first-order valence-electron chi connectivity index (χ1n) is 9.27. The van der Waals surface area contributed by atoms with Crippen molar-refractivity contribution in [2.45, 2.75) is 12.6 Å². The second-order valence-corrected chi connectivity index (χ2v) is 7.85. The summed E-state index contributed by atoms with van der Waals surface area (Å²) in [4.78, 5) is 17.6. The molecule has 9 heteroatoms. The summed E-state index contributed by atoms with van der Waals surface area (Å²) < 4.78 is 44.2. The number of aromatic amines is 1. The molecule has 0 unspecified atom stereocenters. The van der Waals surface area contributed by atoms with E-state index >= 15 is 0 Å². The SMILES string of the molecule is O=C(c1ccc(Cl)c(Cc2cc3cc(C(F)(F)F)ccc3[nH]2)c1Cl)N1CCOCC1. The van der Waals surface area contributed by atoms with Crippen molar-refractivity contribution in [1.82, 2.24) is 9.88 Å². The highest BCUT2D eigenvalue weighted by molar-refractivity contribution is 6.38. The molecule has 1 aliphatic heterocycles. The molecule has 4 rings (SSSR count). The van der Waals surface area contributed by atoms with Crippen molar-refractivity contribution in [2.24, 2.45) is 0 Å². The third-order valence-electron chi connectivity index (χ3n) is 5.09. The van der Waals surface area contributed by atoms with Crippen LogP contribution in [0.3, 0.4) is 0 Å². The summed E-state index contributed by atoms with van der Waals surface area (Å²) >= 11 is 12.9. The number of benzene rings is 2. The van der Waals surface area contributed by atoms with Crippen LogP contribution in [-0.2, 0) is 17.3 Å². The molecule has 0 atom stereocenters. The molecule has 1 N–H and O–H groups in total. The Morgan fingerprint density at radius 2 is 1.83 bits per heavy atom. The van der Waals surface area contributed by atoms with Gasteiger partial charge in [0.1, 0.15) is 0 Å². The van der Waals surface area contributed by atoms with Gasteiger partial charge in [-0.3, -0.25) is 4.79 Å². The number of carbonyl (C=O) groups is 1. The summed E-state index contributed by atoms with van der Waals surface area (Å²) in [5.41, 5.74) is 1.39. The molecule has 1 saturated heterocycles. The van der Waals surface area contributed by atoms with Crippen LogP contribution in [0.5, 0.6) is 0 Å². The molecular formula is C21H17Cl2F3N2O2. The number of rotatable bonds is 3. The topological polar surface area (TPSA) is 45.3 Å². The van der Waals surface area contributed by atoms with E-state index in [0.29, 0.717) is 59.0 Å². The van der Waals surface area contributed by atoms with Crippen molar-refractivity contribution in [1.29, 1.82) is 0 Å². The number of amides is 1. The van der Waals surface area contributed by atoms with Crippen molar-refractivity contribution in [3.63, 3.8) is 0 Å². The van der Waals surface area contributed by atoms with Crippen LogP contribution < -0.4 is 0 Å². The number of carbonyl (C=O) groups excluding carboxylic acids is 1. The van der Waals surface area contributed by atoms with Crippen molar-refractivity contribution in [3.8, 4) is 0 Å². The van der Waals surface area contributed by atoms with E-state index < -0.39 is 11.7 Å². The first-order chi connectivity index (χ1) is 14.2. The highest BCUT2D eigenvalue weighted by atomic mass is 35.5. The number of H-pyrrole nitrogens is 1. The average molecular weight is 457 g/mol. The van der Waals surface area contributed by atoms with Crippen molar-refractivity contribution in [3.05, 3.63) is 68.8 Å². The molecule has 1 fully saturated rings. The quantitative estimate of drug-likeness (QED) is 0.560. The molecular weight excluding hydrogens is 440 g/mol. The van der Waals surface area contributed by atoms with Gasteiger partial charge in [-0.2, -0.15) is 13.2 Å². The molecule has 1 amide bonds. The Balaban J connectivity index is 1.65. The number of aromatic nitrogens is 1. The van der Waals surface area contributed by atoms with Crippen LogP contribution in [0.4, 0.5) is 13.2 Å². The van der Waals surface area contributed by atoms with Crippen molar-refractivity contribution < 1.29 is 22.7 Å². The van der Waals surface area contributed by atoms with Crippen LogP contribution in [0, 0.1) is 0 Å². The van der Waals surface area contributed by atoms with Gasteiger partial charge in [-0.1, -0.05) is 23.2 Å². The van der Waals surface area contributed by atoms with E-state index in [9.17, 15) is 18.0 Å². The minimum Gasteiger partial charge on any atom is -0.378 e. The van der Waals surface area contributed by atoms with Gasteiger partial charge in [0.2, 0.25) is 0 Å². The molecule has 0 aliphatic carbocycles. The van der Waals surface area contributed by atoms with E-state index in [4.69, 9.17) is 27.9 Å². The Bertz CT molecular complexity index is 1110. The smallest absolute Gasteiger partial charge is 0.378 e. The lowest BCUT2D eigenvalue weighted by molar-refractivity contribution is -0.137. The lowest BCUT2D eigenvalue weighted by Crippen LogP contribution is -2.40. The van der Waals surface area contributed by atoms with Crippen LogP contribution in [0.2, 0.25) is 10.0 Å². The predicted molar refractivity (Wildman–Crippen MR) is 109 cm³/mol. The van der Waals surface area contributed by atoms with E-state index in [1.54, 1.807) is 23.1 Å². The largest absolute Gasteiger partial charge is 0.416 e. The molecule has 2 aromatic carbocycles. The Kier molecular flexibility index (Phi) is 5.70. The standard InChI is InChI=1S/C21H17Cl2F3N2O2/c22-17-3-2-15(20(29)28-5-7-30-8-6-28)19(23)16(17)11-14-10-12-9-13(21(24,25)26)1-4-18(12)27-14/h1-4,9-10,27H,5-8,11H2. The van der Waals surface area contributed by atoms with Crippen molar-refractivity contribution in [2.75, 3.05) is 26.3 Å². The predicted octanol–water partition coefficient (Wildman–Crippen LogP) is 5.56. The Morgan fingerprint density at radius 1 is 1.10 bits per heavy atom. The molecule has 158 valence electrons. The Labute approximate surface area is 180 Å². The summed E-state index contributed by atoms with van der Waals surface area (Å²) in [6, 6.07) is 8.35. The number of fused-ring (bicyclic) bond motifs is 1. The highest BCUT2D eigenvalue weighted by Gasteiger charge is 2.30. The molecule has 0 saturated carbocycles. The van der Waals surface area contributed by atoms with Crippen LogP contribution in [0.15, 0.2) is 36.4 Å². The van der Waals surface area contributed by atoms with Crippen molar-refractivity contribution >= 4 is 40.0 Å². The summed E-state index contributed by atoms with van der Waals surface area (Å²) in [5.74, 6) is -0.201. The van der Waals surface area contributed by atoms with Crippen LogP contribution >= 0.6 is 23.2 Å². The minimum atomic E-state index is -4.41. The fraction of sp³-hybridized carbons (Fsp3) is 0.286. The number of halogens is 5. The number of hydrogen-bond donors (Lipinski definition) is 1. The first kappa shape index (κ1) is 21.0. The summed E-state index contributed by atoms with van der Waals surface area (Å²) in [6.45, 7) is 1.91. The van der Waals surface area contributed by atoms with Gasteiger partial charge in [0.25, 0.3) is 5.91 Å². The van der Waals surface area contributed by atoms with E-state index in [1.165, 1.54) is 6.07 Å². The third kappa shape index (κ3) is 4.15. The minimum absolute atomic E-state index is 0.201. The van der Waals surface area contributed by atoms with Gasteiger partial charge in [0.15, 0.2) is 0 Å². The summed E-state index contributed by atoms with van der Waals surface area (Å²) in [6.07, 6.45) is -4.16. The van der Waals surface area contributed by atoms with Crippen LogP contribution in [0.25, 0.3) is 10.9 Å². The maximum atomic E-state index is 13.0. The molecule has 4 nitrogen and oxygen atoms in total. The van der Waals surface area contributed by atoms with Crippen LogP contribution in [0.1, 0.15) is 27.2 Å². The lowest BCUT2D eigenvalue weighted by Gasteiger charge is -2.27.